The minimum Gasteiger partial charge on any atom is -0.338 e. The summed E-state index contributed by atoms with van der Waals surface area (Å²) in [6.07, 6.45) is 0. The smallest absolute Gasteiger partial charge is 0.148 e. The van der Waals surface area contributed by atoms with Gasteiger partial charge in [0.2, 0.25) is 0 Å². The van der Waals surface area contributed by atoms with Gasteiger partial charge >= 0.3 is 0 Å². The summed E-state index contributed by atoms with van der Waals surface area (Å²) >= 11 is 5.94. The van der Waals surface area contributed by atoms with Crippen LogP contribution in [0.2, 0.25) is 5.02 Å². The zero-order valence-electron chi connectivity index (χ0n) is 9.54. The largest absolute Gasteiger partial charge is 0.338 e. The van der Waals surface area contributed by atoms with Gasteiger partial charge in [-0.15, -0.1) is 0 Å². The molecule has 1 aromatic heterocycles. The van der Waals surface area contributed by atoms with Gasteiger partial charge in [0.25, 0.3) is 0 Å². The predicted molar refractivity (Wildman–Crippen MR) is 68.4 cm³/mol. The van der Waals surface area contributed by atoms with Gasteiger partial charge in [0.1, 0.15) is 17.7 Å². The fraction of sp³-hybridized carbons (Fsp3) is 0.0769. The number of rotatable bonds is 2. The summed E-state index contributed by atoms with van der Waals surface area (Å²) in [4.78, 5) is 4.20. The van der Waals surface area contributed by atoms with Crippen molar-refractivity contribution < 1.29 is 4.39 Å². The molecule has 0 aliphatic carbocycles. The molecule has 2 rings (SSSR count). The molecular weight excluding hydrogens is 253 g/mol. The van der Waals surface area contributed by atoms with Crippen LogP contribution in [-0.2, 0) is 0 Å². The van der Waals surface area contributed by atoms with E-state index in [1.165, 1.54) is 18.2 Å². The molecule has 18 heavy (non-hydrogen) atoms. The van der Waals surface area contributed by atoms with Crippen molar-refractivity contribution in [1.82, 2.24) is 4.98 Å². The molecule has 0 amide bonds. The molecule has 0 aliphatic rings. The van der Waals surface area contributed by atoms with E-state index < -0.39 is 5.82 Å². The molecule has 90 valence electrons. The van der Waals surface area contributed by atoms with Crippen LogP contribution in [0.25, 0.3) is 0 Å². The van der Waals surface area contributed by atoms with Gasteiger partial charge in [-0.2, -0.15) is 5.26 Å². The Morgan fingerprint density at radius 1 is 1.33 bits per heavy atom. The summed E-state index contributed by atoms with van der Waals surface area (Å²) in [7, 11) is 0. The summed E-state index contributed by atoms with van der Waals surface area (Å²) in [6.45, 7) is 1.81. The third-order valence-electron chi connectivity index (χ3n) is 2.34. The molecule has 0 radical (unpaired) electrons. The van der Waals surface area contributed by atoms with Crippen LogP contribution in [0, 0.1) is 24.1 Å². The second-order valence-corrected chi connectivity index (χ2v) is 4.12. The molecule has 1 N–H and O–H groups in total. The number of aromatic nitrogens is 1. The molecular formula is C13H9ClFN3. The number of nitrogens with one attached hydrogen (secondary N) is 1. The van der Waals surface area contributed by atoms with Crippen molar-refractivity contribution in [3.63, 3.8) is 0 Å². The Kier molecular flexibility index (Phi) is 3.45. The average Bonchev–Trinajstić information content (AvgIpc) is 2.34. The molecule has 3 nitrogen and oxygen atoms in total. The molecule has 1 aromatic carbocycles. The molecule has 0 saturated heterocycles. The maximum absolute atomic E-state index is 13.1. The standard InChI is InChI=1S/C13H9ClFN3/c1-8-2-3-9(7-16)13(17-8)18-12-6-10(15)4-5-11(12)14/h2-6H,1H3,(H,17,18). The van der Waals surface area contributed by atoms with Gasteiger partial charge in [-0.3, -0.25) is 0 Å². The topological polar surface area (TPSA) is 48.7 Å². The summed E-state index contributed by atoms with van der Waals surface area (Å²) in [5.41, 5.74) is 1.51. The second-order valence-electron chi connectivity index (χ2n) is 3.71. The summed E-state index contributed by atoms with van der Waals surface area (Å²) in [5, 5.41) is 12.2. The van der Waals surface area contributed by atoms with Crippen LogP contribution in [-0.4, -0.2) is 4.98 Å². The van der Waals surface area contributed by atoms with Crippen LogP contribution in [0.15, 0.2) is 30.3 Å². The Morgan fingerprint density at radius 2 is 2.11 bits per heavy atom. The number of hydrogen-bond acceptors (Lipinski definition) is 3. The third-order valence-corrected chi connectivity index (χ3v) is 2.67. The van der Waals surface area contributed by atoms with Crippen LogP contribution >= 0.6 is 11.6 Å². The number of benzene rings is 1. The Bertz CT molecular complexity index is 635. The van der Waals surface area contributed by atoms with Crippen LogP contribution < -0.4 is 5.32 Å². The van der Waals surface area contributed by atoms with Crippen LogP contribution in [0.5, 0.6) is 0 Å². The second kappa shape index (κ2) is 5.03. The Labute approximate surface area is 109 Å². The van der Waals surface area contributed by atoms with Crippen LogP contribution in [0.1, 0.15) is 11.3 Å². The maximum Gasteiger partial charge on any atom is 0.148 e. The van der Waals surface area contributed by atoms with Gasteiger partial charge in [-0.25, -0.2) is 9.37 Å². The van der Waals surface area contributed by atoms with E-state index in [0.717, 1.165) is 5.69 Å². The van der Waals surface area contributed by atoms with Crippen molar-refractivity contribution in [2.45, 2.75) is 6.92 Å². The molecule has 0 saturated carbocycles. The van der Waals surface area contributed by atoms with E-state index in [-0.39, 0.29) is 0 Å². The highest BCUT2D eigenvalue weighted by Crippen LogP contribution is 2.26. The highest BCUT2D eigenvalue weighted by molar-refractivity contribution is 6.33. The summed E-state index contributed by atoms with van der Waals surface area (Å²) in [5.74, 6) is -0.0435. The first-order chi connectivity index (χ1) is 8.60. The van der Waals surface area contributed by atoms with Gasteiger partial charge in [-0.1, -0.05) is 11.6 Å². The molecule has 0 spiro atoms. The number of hydrogen-bond donors (Lipinski definition) is 1. The number of nitriles is 1. The van der Waals surface area contributed by atoms with Crippen molar-refractivity contribution in [2.75, 3.05) is 5.32 Å². The lowest BCUT2D eigenvalue weighted by atomic mass is 10.2. The lowest BCUT2D eigenvalue weighted by molar-refractivity contribution is 0.628. The highest BCUT2D eigenvalue weighted by atomic mass is 35.5. The van der Waals surface area contributed by atoms with E-state index in [2.05, 4.69) is 10.3 Å². The van der Waals surface area contributed by atoms with Crippen molar-refractivity contribution in [3.05, 3.63) is 52.4 Å². The monoisotopic (exact) mass is 261 g/mol. The molecule has 0 atom stereocenters. The molecule has 0 bridgehead atoms. The first kappa shape index (κ1) is 12.3. The van der Waals surface area contributed by atoms with E-state index in [4.69, 9.17) is 16.9 Å². The van der Waals surface area contributed by atoms with Crippen molar-refractivity contribution in [3.8, 4) is 6.07 Å². The van der Waals surface area contributed by atoms with Gasteiger partial charge in [0.05, 0.1) is 16.3 Å². The van der Waals surface area contributed by atoms with E-state index in [0.29, 0.717) is 22.1 Å². The fourth-order valence-electron chi connectivity index (χ4n) is 1.46. The zero-order chi connectivity index (χ0) is 13.1. The zero-order valence-corrected chi connectivity index (χ0v) is 10.3. The Balaban J connectivity index is 2.43. The van der Waals surface area contributed by atoms with E-state index >= 15 is 0 Å². The molecule has 0 unspecified atom stereocenters. The normalized spacial score (nSPS) is 9.89. The first-order valence-electron chi connectivity index (χ1n) is 5.20. The van der Waals surface area contributed by atoms with Crippen molar-refractivity contribution in [1.29, 1.82) is 5.26 Å². The lowest BCUT2D eigenvalue weighted by Gasteiger charge is -2.09. The molecule has 1 heterocycles. The van der Waals surface area contributed by atoms with Gasteiger partial charge < -0.3 is 5.32 Å². The van der Waals surface area contributed by atoms with E-state index in [9.17, 15) is 4.39 Å². The molecule has 2 aromatic rings. The quantitative estimate of drug-likeness (QED) is 0.895. The predicted octanol–water partition coefficient (Wildman–Crippen LogP) is 3.80. The van der Waals surface area contributed by atoms with E-state index in [1.54, 1.807) is 19.1 Å². The summed E-state index contributed by atoms with van der Waals surface area (Å²) < 4.78 is 13.1. The number of halogens is 2. The Hall–Kier alpha value is -2.12. The van der Waals surface area contributed by atoms with E-state index in [1.807, 2.05) is 6.07 Å². The number of anilines is 2. The maximum atomic E-state index is 13.1. The van der Waals surface area contributed by atoms with Crippen molar-refractivity contribution in [2.24, 2.45) is 0 Å². The number of aryl methyl sites for hydroxylation is 1. The fourth-order valence-corrected chi connectivity index (χ4v) is 1.63. The molecule has 0 fully saturated rings. The highest BCUT2D eigenvalue weighted by Gasteiger charge is 2.07. The van der Waals surface area contributed by atoms with Gasteiger partial charge in [0.15, 0.2) is 0 Å². The number of nitrogens with zero attached hydrogens (tertiary/aromatic N) is 2. The average molecular weight is 262 g/mol. The minimum absolute atomic E-state index is 0.364. The van der Waals surface area contributed by atoms with Gasteiger partial charge in [-0.05, 0) is 37.3 Å². The third kappa shape index (κ3) is 2.58. The number of pyridine rings is 1. The molecule has 0 aliphatic heterocycles. The van der Waals surface area contributed by atoms with Gasteiger partial charge in [0, 0.05) is 5.69 Å². The molecule has 5 heteroatoms. The van der Waals surface area contributed by atoms with Crippen molar-refractivity contribution >= 4 is 23.1 Å². The van der Waals surface area contributed by atoms with Crippen LogP contribution in [0.3, 0.4) is 0 Å². The first-order valence-corrected chi connectivity index (χ1v) is 5.58. The SMILES string of the molecule is Cc1ccc(C#N)c(Nc2cc(F)ccc2Cl)n1. The minimum atomic E-state index is -0.409. The summed E-state index contributed by atoms with van der Waals surface area (Å²) in [6, 6.07) is 9.37. The Morgan fingerprint density at radius 3 is 2.83 bits per heavy atom. The van der Waals surface area contributed by atoms with Crippen LogP contribution in [0.4, 0.5) is 15.9 Å². The lowest BCUT2D eigenvalue weighted by Crippen LogP contribution is -1.99.